The molecule has 0 bridgehead atoms. The molecule has 1 nitrogen and oxygen atoms in total. The first kappa shape index (κ1) is 14.1. The Morgan fingerprint density at radius 2 is 1.60 bits per heavy atom. The predicted octanol–water partition coefficient (Wildman–Crippen LogP) is 6.55. The first-order valence-electron chi connectivity index (χ1n) is 5.80. The summed E-state index contributed by atoms with van der Waals surface area (Å²) in [5.41, 5.74) is 2.98. The Kier molecular flexibility index (Phi) is 4.13. The lowest BCUT2D eigenvalue weighted by molar-refractivity contribution is 1.40. The number of thiazole rings is 1. The number of halogens is 3. The maximum Gasteiger partial charge on any atom is 0.124 e. The second-order valence-corrected chi connectivity index (χ2v) is 6.76. The molecule has 0 unspecified atom stereocenters. The zero-order chi connectivity index (χ0) is 14.1. The molecule has 3 aromatic rings. The van der Waals surface area contributed by atoms with Crippen molar-refractivity contribution in [1.29, 1.82) is 0 Å². The van der Waals surface area contributed by atoms with Crippen molar-refractivity contribution in [1.82, 2.24) is 4.98 Å². The minimum absolute atomic E-state index is 0.544. The first-order chi connectivity index (χ1) is 9.63. The molecule has 3 rings (SSSR count). The average molecular weight is 385 g/mol. The van der Waals surface area contributed by atoms with Crippen LogP contribution in [0.1, 0.15) is 0 Å². The third-order valence-electron chi connectivity index (χ3n) is 2.81. The van der Waals surface area contributed by atoms with Gasteiger partial charge in [0.15, 0.2) is 0 Å². The molecule has 0 atom stereocenters. The Morgan fingerprint density at radius 1 is 0.900 bits per heavy atom. The molecular formula is C15H8BrCl2NS. The van der Waals surface area contributed by atoms with Gasteiger partial charge in [0.05, 0.1) is 15.7 Å². The van der Waals surface area contributed by atoms with Crippen molar-refractivity contribution < 1.29 is 0 Å². The zero-order valence-corrected chi connectivity index (χ0v) is 14.0. The molecule has 0 aliphatic rings. The minimum atomic E-state index is 0.544. The van der Waals surface area contributed by atoms with E-state index in [1.54, 1.807) is 17.4 Å². The highest BCUT2D eigenvalue weighted by Gasteiger charge is 2.08. The van der Waals surface area contributed by atoms with Gasteiger partial charge in [0.25, 0.3) is 0 Å². The fourth-order valence-electron chi connectivity index (χ4n) is 1.79. The standard InChI is InChI=1S/C15H8BrCl2NS/c16-11-4-1-9(2-5-11)15-19-14(8-20-15)10-3-6-12(17)13(18)7-10/h1-8H. The SMILES string of the molecule is Clc1ccc(-c2csc(-c3ccc(Br)cc3)n2)cc1Cl. The normalized spacial score (nSPS) is 10.8. The van der Waals surface area contributed by atoms with Crippen LogP contribution in [0.5, 0.6) is 0 Å². The lowest BCUT2D eigenvalue weighted by atomic mass is 10.2. The number of benzene rings is 2. The van der Waals surface area contributed by atoms with Crippen LogP contribution in [0.4, 0.5) is 0 Å². The Morgan fingerprint density at radius 3 is 2.30 bits per heavy atom. The van der Waals surface area contributed by atoms with Crippen LogP contribution < -0.4 is 0 Å². The van der Waals surface area contributed by atoms with Gasteiger partial charge in [-0.1, -0.05) is 57.3 Å². The van der Waals surface area contributed by atoms with E-state index in [1.165, 1.54) is 0 Å². The van der Waals surface area contributed by atoms with E-state index in [-0.39, 0.29) is 0 Å². The fraction of sp³-hybridized carbons (Fsp3) is 0. The molecule has 0 N–H and O–H groups in total. The Labute approximate surface area is 139 Å². The molecule has 0 saturated carbocycles. The van der Waals surface area contributed by atoms with Crippen LogP contribution in [-0.2, 0) is 0 Å². The zero-order valence-electron chi connectivity index (χ0n) is 10.1. The molecule has 0 radical (unpaired) electrons. The molecule has 0 aliphatic carbocycles. The summed E-state index contributed by atoms with van der Waals surface area (Å²) >= 11 is 17.0. The van der Waals surface area contributed by atoms with Gasteiger partial charge < -0.3 is 0 Å². The van der Waals surface area contributed by atoms with Crippen LogP contribution >= 0.6 is 50.5 Å². The highest BCUT2D eigenvalue weighted by molar-refractivity contribution is 9.10. The van der Waals surface area contributed by atoms with Crippen molar-refractivity contribution in [2.75, 3.05) is 0 Å². The van der Waals surface area contributed by atoms with Crippen LogP contribution in [0.2, 0.25) is 10.0 Å². The van der Waals surface area contributed by atoms with Crippen LogP contribution in [0.15, 0.2) is 52.3 Å². The molecule has 100 valence electrons. The Balaban J connectivity index is 1.97. The highest BCUT2D eigenvalue weighted by atomic mass is 79.9. The van der Waals surface area contributed by atoms with Gasteiger partial charge in [0.1, 0.15) is 5.01 Å². The summed E-state index contributed by atoms with van der Waals surface area (Å²) in [5.74, 6) is 0. The summed E-state index contributed by atoms with van der Waals surface area (Å²) < 4.78 is 1.06. The molecule has 0 fully saturated rings. The van der Waals surface area contributed by atoms with Gasteiger partial charge >= 0.3 is 0 Å². The number of hydrogen-bond donors (Lipinski definition) is 0. The van der Waals surface area contributed by atoms with E-state index in [0.29, 0.717) is 10.0 Å². The van der Waals surface area contributed by atoms with Crippen molar-refractivity contribution in [3.05, 3.63) is 62.4 Å². The van der Waals surface area contributed by atoms with Crippen molar-refractivity contribution in [3.8, 4) is 21.8 Å². The van der Waals surface area contributed by atoms with Gasteiger partial charge in [0.2, 0.25) is 0 Å². The first-order valence-corrected chi connectivity index (χ1v) is 8.23. The third-order valence-corrected chi connectivity index (χ3v) is 4.97. The van der Waals surface area contributed by atoms with Gasteiger partial charge in [-0.2, -0.15) is 0 Å². The summed E-state index contributed by atoms with van der Waals surface area (Å²) in [4.78, 5) is 4.65. The molecule has 1 heterocycles. The lowest BCUT2D eigenvalue weighted by Gasteiger charge is -2.00. The summed E-state index contributed by atoms with van der Waals surface area (Å²) in [5, 5.41) is 4.11. The number of nitrogens with zero attached hydrogens (tertiary/aromatic N) is 1. The maximum atomic E-state index is 6.04. The Hall–Kier alpha value is -0.870. The monoisotopic (exact) mass is 383 g/mol. The molecule has 2 aromatic carbocycles. The van der Waals surface area contributed by atoms with Crippen molar-refractivity contribution >= 4 is 50.5 Å². The quantitative estimate of drug-likeness (QED) is 0.488. The van der Waals surface area contributed by atoms with E-state index in [0.717, 1.165) is 26.3 Å². The van der Waals surface area contributed by atoms with Gasteiger partial charge in [-0.25, -0.2) is 4.98 Å². The molecule has 5 heteroatoms. The van der Waals surface area contributed by atoms with E-state index in [1.807, 2.05) is 41.8 Å². The molecule has 20 heavy (non-hydrogen) atoms. The fourth-order valence-corrected chi connectivity index (χ4v) is 3.18. The number of aromatic nitrogens is 1. The highest BCUT2D eigenvalue weighted by Crippen LogP contribution is 2.32. The molecule has 0 amide bonds. The summed E-state index contributed by atoms with van der Waals surface area (Å²) in [6.07, 6.45) is 0. The summed E-state index contributed by atoms with van der Waals surface area (Å²) in [6, 6.07) is 13.7. The Bertz CT molecular complexity index is 753. The van der Waals surface area contributed by atoms with E-state index in [2.05, 4.69) is 20.9 Å². The maximum absolute atomic E-state index is 6.04. The van der Waals surface area contributed by atoms with Crippen molar-refractivity contribution in [3.63, 3.8) is 0 Å². The van der Waals surface area contributed by atoms with E-state index >= 15 is 0 Å². The summed E-state index contributed by atoms with van der Waals surface area (Å²) in [6.45, 7) is 0. The van der Waals surface area contributed by atoms with E-state index in [9.17, 15) is 0 Å². The van der Waals surface area contributed by atoms with Gasteiger partial charge in [0, 0.05) is 21.0 Å². The molecular weight excluding hydrogens is 377 g/mol. The molecule has 1 aromatic heterocycles. The largest absolute Gasteiger partial charge is 0.236 e. The summed E-state index contributed by atoms with van der Waals surface area (Å²) in [7, 11) is 0. The van der Waals surface area contributed by atoms with Crippen LogP contribution in [0, 0.1) is 0 Å². The van der Waals surface area contributed by atoms with Crippen molar-refractivity contribution in [2.45, 2.75) is 0 Å². The van der Waals surface area contributed by atoms with Gasteiger partial charge in [-0.3, -0.25) is 0 Å². The van der Waals surface area contributed by atoms with Crippen LogP contribution in [0.25, 0.3) is 21.8 Å². The minimum Gasteiger partial charge on any atom is -0.236 e. The smallest absolute Gasteiger partial charge is 0.124 e. The second kappa shape index (κ2) is 5.86. The van der Waals surface area contributed by atoms with Gasteiger partial charge in [-0.05, 0) is 24.3 Å². The third kappa shape index (κ3) is 2.91. The van der Waals surface area contributed by atoms with Crippen LogP contribution in [-0.4, -0.2) is 4.98 Å². The topological polar surface area (TPSA) is 12.9 Å². The van der Waals surface area contributed by atoms with Crippen molar-refractivity contribution in [2.24, 2.45) is 0 Å². The van der Waals surface area contributed by atoms with E-state index < -0.39 is 0 Å². The predicted molar refractivity (Wildman–Crippen MR) is 90.7 cm³/mol. The number of rotatable bonds is 2. The van der Waals surface area contributed by atoms with Crippen LogP contribution in [0.3, 0.4) is 0 Å². The van der Waals surface area contributed by atoms with E-state index in [4.69, 9.17) is 23.2 Å². The van der Waals surface area contributed by atoms with Gasteiger partial charge in [-0.15, -0.1) is 11.3 Å². The average Bonchev–Trinajstić information content (AvgIpc) is 2.92. The molecule has 0 spiro atoms. The number of hydrogen-bond acceptors (Lipinski definition) is 2. The lowest BCUT2D eigenvalue weighted by Crippen LogP contribution is -1.80. The molecule has 0 saturated heterocycles. The second-order valence-electron chi connectivity index (χ2n) is 4.17. The molecule has 0 aliphatic heterocycles.